The van der Waals surface area contributed by atoms with E-state index in [9.17, 15) is 4.79 Å². The topological polar surface area (TPSA) is 17.1 Å². The lowest BCUT2D eigenvalue weighted by Gasteiger charge is -2.14. The first-order valence-corrected chi connectivity index (χ1v) is 4.16. The molecule has 1 aliphatic rings. The van der Waals surface area contributed by atoms with E-state index in [4.69, 9.17) is 0 Å². The molecule has 10 heavy (non-hydrogen) atoms. The second-order valence-corrected chi connectivity index (χ2v) is 3.79. The zero-order chi connectivity index (χ0) is 7.61. The van der Waals surface area contributed by atoms with Crippen LogP contribution in [0.3, 0.4) is 0 Å². The third-order valence-electron chi connectivity index (χ3n) is 2.74. The largest absolute Gasteiger partial charge is 0.303 e. The zero-order valence-electron chi connectivity index (χ0n) is 6.89. The number of carbonyl (C=O) groups excluding carboxylic acids is 1. The van der Waals surface area contributed by atoms with Crippen molar-refractivity contribution in [3.05, 3.63) is 0 Å². The molecular weight excluding hydrogens is 124 g/mol. The quantitative estimate of drug-likeness (QED) is 0.538. The van der Waals surface area contributed by atoms with Gasteiger partial charge < -0.3 is 4.79 Å². The molecule has 0 saturated heterocycles. The van der Waals surface area contributed by atoms with E-state index in [2.05, 4.69) is 13.8 Å². The maximum absolute atomic E-state index is 10.6. The minimum absolute atomic E-state index is 0.0284. The molecule has 0 aromatic carbocycles. The van der Waals surface area contributed by atoms with Crippen molar-refractivity contribution in [3.63, 3.8) is 0 Å². The Morgan fingerprint density at radius 1 is 1.70 bits per heavy atom. The lowest BCUT2D eigenvalue weighted by molar-refractivity contribution is -0.115. The van der Waals surface area contributed by atoms with Crippen molar-refractivity contribution in [3.8, 4) is 0 Å². The Kier molecular flexibility index (Phi) is 2.12. The highest BCUT2D eigenvalue weighted by atomic mass is 16.1. The van der Waals surface area contributed by atoms with Crippen molar-refractivity contribution < 1.29 is 4.79 Å². The molecular formula is C9H16O. The van der Waals surface area contributed by atoms with Crippen molar-refractivity contribution in [2.45, 2.75) is 39.5 Å². The van der Waals surface area contributed by atoms with Crippen LogP contribution < -0.4 is 0 Å². The van der Waals surface area contributed by atoms with E-state index in [-0.39, 0.29) is 5.41 Å². The fourth-order valence-corrected chi connectivity index (χ4v) is 1.85. The van der Waals surface area contributed by atoms with Gasteiger partial charge in [0, 0.05) is 5.41 Å². The molecule has 0 amide bonds. The summed E-state index contributed by atoms with van der Waals surface area (Å²) in [7, 11) is 0. The summed E-state index contributed by atoms with van der Waals surface area (Å²) in [5.74, 6) is 0.815. The minimum atomic E-state index is 0.0284. The molecule has 0 heterocycles. The maximum Gasteiger partial charge on any atom is 0.125 e. The first kappa shape index (κ1) is 7.77. The van der Waals surface area contributed by atoms with E-state index >= 15 is 0 Å². The molecule has 2 unspecified atom stereocenters. The summed E-state index contributed by atoms with van der Waals surface area (Å²) in [6.07, 6.45) is 5.86. The summed E-state index contributed by atoms with van der Waals surface area (Å²) in [5.41, 5.74) is 0.0284. The van der Waals surface area contributed by atoms with Gasteiger partial charge in [-0.1, -0.05) is 20.3 Å². The van der Waals surface area contributed by atoms with E-state index in [0.29, 0.717) is 0 Å². The van der Waals surface area contributed by atoms with Gasteiger partial charge in [0.2, 0.25) is 0 Å². The monoisotopic (exact) mass is 140 g/mol. The summed E-state index contributed by atoms with van der Waals surface area (Å²) in [5, 5.41) is 0. The molecule has 1 nitrogen and oxygen atoms in total. The third-order valence-corrected chi connectivity index (χ3v) is 2.74. The summed E-state index contributed by atoms with van der Waals surface area (Å²) >= 11 is 0. The Morgan fingerprint density at radius 2 is 2.40 bits per heavy atom. The molecule has 0 radical (unpaired) electrons. The number of rotatable bonds is 2. The molecule has 0 aromatic heterocycles. The Morgan fingerprint density at radius 3 is 2.70 bits per heavy atom. The summed E-state index contributed by atoms with van der Waals surface area (Å²) in [6.45, 7) is 4.29. The fourth-order valence-electron chi connectivity index (χ4n) is 1.85. The summed E-state index contributed by atoms with van der Waals surface area (Å²) < 4.78 is 0. The average molecular weight is 140 g/mol. The van der Waals surface area contributed by atoms with Crippen molar-refractivity contribution in [2.75, 3.05) is 0 Å². The van der Waals surface area contributed by atoms with Gasteiger partial charge in [0.15, 0.2) is 0 Å². The van der Waals surface area contributed by atoms with Gasteiger partial charge in [0.25, 0.3) is 0 Å². The van der Waals surface area contributed by atoms with Gasteiger partial charge in [-0.05, 0) is 25.2 Å². The number of hydrogen-bond donors (Lipinski definition) is 0. The van der Waals surface area contributed by atoms with E-state index in [1.807, 2.05) is 0 Å². The highest BCUT2D eigenvalue weighted by Crippen LogP contribution is 2.40. The zero-order valence-corrected chi connectivity index (χ0v) is 6.89. The van der Waals surface area contributed by atoms with Crippen molar-refractivity contribution in [1.29, 1.82) is 0 Å². The normalized spacial score (nSPS) is 40.0. The first-order valence-electron chi connectivity index (χ1n) is 4.16. The van der Waals surface area contributed by atoms with E-state index in [1.165, 1.54) is 12.8 Å². The molecule has 1 heteroatoms. The van der Waals surface area contributed by atoms with Crippen LogP contribution in [0.2, 0.25) is 0 Å². The second kappa shape index (κ2) is 2.73. The Balaban J connectivity index is 2.48. The minimum Gasteiger partial charge on any atom is -0.303 e. The average Bonchev–Trinajstić information content (AvgIpc) is 2.33. The highest BCUT2D eigenvalue weighted by Gasteiger charge is 2.33. The SMILES string of the molecule is CCC1CCC(C)(C=O)C1. The molecule has 0 N–H and O–H groups in total. The van der Waals surface area contributed by atoms with Crippen LogP contribution in [0, 0.1) is 11.3 Å². The first-order chi connectivity index (χ1) is 4.70. The van der Waals surface area contributed by atoms with Gasteiger partial charge in [0.1, 0.15) is 6.29 Å². The number of carbonyl (C=O) groups is 1. The van der Waals surface area contributed by atoms with Crippen LogP contribution in [0.1, 0.15) is 39.5 Å². The molecule has 1 rings (SSSR count). The van der Waals surface area contributed by atoms with E-state index < -0.39 is 0 Å². The molecule has 2 atom stereocenters. The molecule has 0 aromatic rings. The van der Waals surface area contributed by atoms with Gasteiger partial charge in [-0.15, -0.1) is 0 Å². The highest BCUT2D eigenvalue weighted by molar-refractivity contribution is 5.59. The van der Waals surface area contributed by atoms with Crippen LogP contribution >= 0.6 is 0 Å². The molecule has 58 valence electrons. The van der Waals surface area contributed by atoms with E-state index in [0.717, 1.165) is 25.0 Å². The van der Waals surface area contributed by atoms with Crippen molar-refractivity contribution in [1.82, 2.24) is 0 Å². The number of hydrogen-bond acceptors (Lipinski definition) is 1. The third kappa shape index (κ3) is 1.39. The Bertz CT molecular complexity index is 131. The molecule has 1 saturated carbocycles. The maximum atomic E-state index is 10.6. The van der Waals surface area contributed by atoms with Gasteiger partial charge in [-0.25, -0.2) is 0 Å². The van der Waals surface area contributed by atoms with Crippen LogP contribution in [0.4, 0.5) is 0 Å². The predicted octanol–water partition coefficient (Wildman–Crippen LogP) is 2.40. The molecule has 1 fully saturated rings. The smallest absolute Gasteiger partial charge is 0.125 e. The van der Waals surface area contributed by atoms with Crippen LogP contribution in [0.5, 0.6) is 0 Å². The second-order valence-electron chi connectivity index (χ2n) is 3.79. The predicted molar refractivity (Wildman–Crippen MR) is 41.8 cm³/mol. The standard InChI is InChI=1S/C9H16O/c1-3-8-4-5-9(2,6-8)7-10/h7-8H,3-6H2,1-2H3. The van der Waals surface area contributed by atoms with E-state index in [1.54, 1.807) is 0 Å². The van der Waals surface area contributed by atoms with Crippen molar-refractivity contribution >= 4 is 6.29 Å². The molecule has 1 aliphatic carbocycles. The van der Waals surface area contributed by atoms with Crippen LogP contribution in [0.15, 0.2) is 0 Å². The van der Waals surface area contributed by atoms with Gasteiger partial charge >= 0.3 is 0 Å². The lowest BCUT2D eigenvalue weighted by Crippen LogP contribution is -2.12. The Hall–Kier alpha value is -0.330. The van der Waals surface area contributed by atoms with Crippen molar-refractivity contribution in [2.24, 2.45) is 11.3 Å². The molecule has 0 aliphatic heterocycles. The molecule has 0 bridgehead atoms. The lowest BCUT2D eigenvalue weighted by atomic mass is 9.89. The summed E-state index contributed by atoms with van der Waals surface area (Å²) in [4.78, 5) is 10.6. The van der Waals surface area contributed by atoms with Gasteiger partial charge in [-0.3, -0.25) is 0 Å². The van der Waals surface area contributed by atoms with Crippen LogP contribution in [-0.2, 0) is 4.79 Å². The summed E-state index contributed by atoms with van der Waals surface area (Å²) in [6, 6.07) is 0. The van der Waals surface area contributed by atoms with Crippen LogP contribution in [0.25, 0.3) is 0 Å². The van der Waals surface area contributed by atoms with Crippen LogP contribution in [-0.4, -0.2) is 6.29 Å². The van der Waals surface area contributed by atoms with Gasteiger partial charge in [-0.2, -0.15) is 0 Å². The molecule has 0 spiro atoms. The Labute approximate surface area is 62.8 Å². The van der Waals surface area contributed by atoms with Gasteiger partial charge in [0.05, 0.1) is 0 Å². The fraction of sp³-hybridized carbons (Fsp3) is 0.889. The number of aldehydes is 1.